The van der Waals surface area contributed by atoms with Crippen LogP contribution in [0.2, 0.25) is 0 Å². The van der Waals surface area contributed by atoms with Crippen LogP contribution in [0.4, 0.5) is 11.4 Å². The second kappa shape index (κ2) is 6.65. The molecule has 0 aliphatic carbocycles. The van der Waals surface area contributed by atoms with Gasteiger partial charge in [-0.25, -0.2) is 0 Å². The molecular weight excluding hydrogens is 286 g/mol. The highest BCUT2D eigenvalue weighted by atomic mass is 35.5. The van der Waals surface area contributed by atoms with Gasteiger partial charge in [-0.3, -0.25) is 14.9 Å². The number of carbonyl (C=O) groups excluding carboxylic acids is 1. The van der Waals surface area contributed by atoms with E-state index < -0.39 is 11.0 Å². The molecule has 0 fully saturated rings. The van der Waals surface area contributed by atoms with E-state index in [9.17, 15) is 14.9 Å². The minimum Gasteiger partial charge on any atom is -0.383 e. The number of carbonyl (C=O) groups is 1. The lowest BCUT2D eigenvalue weighted by Crippen LogP contribution is -2.45. The smallest absolute Gasteiger partial charge is 0.274 e. The van der Waals surface area contributed by atoms with Gasteiger partial charge in [0.05, 0.1) is 22.8 Å². The van der Waals surface area contributed by atoms with E-state index in [1.807, 2.05) is 0 Å². The van der Waals surface area contributed by atoms with Gasteiger partial charge in [0.25, 0.3) is 5.69 Å². The number of benzene rings is 1. The number of hydrogen-bond donors (Lipinski definition) is 1. The number of anilines is 1. The molecule has 8 heteroatoms. The minimum absolute atomic E-state index is 0. The second-order valence-electron chi connectivity index (χ2n) is 4.33. The fourth-order valence-electron chi connectivity index (χ4n) is 2.27. The molecule has 1 aliphatic rings. The molecule has 2 rings (SSSR count). The van der Waals surface area contributed by atoms with Crippen LogP contribution in [0.15, 0.2) is 18.2 Å². The Hall–Kier alpha value is -1.70. The van der Waals surface area contributed by atoms with Crippen LogP contribution in [-0.4, -0.2) is 37.1 Å². The number of rotatable bonds is 4. The first-order valence-corrected chi connectivity index (χ1v) is 5.88. The third-order valence-electron chi connectivity index (χ3n) is 3.13. The Bertz CT molecular complexity index is 523. The highest BCUT2D eigenvalue weighted by Gasteiger charge is 2.32. The fraction of sp³-hybridized carbons (Fsp3) is 0.417. The average molecular weight is 302 g/mol. The Labute approximate surface area is 122 Å². The zero-order valence-electron chi connectivity index (χ0n) is 10.9. The van der Waals surface area contributed by atoms with Crippen molar-refractivity contribution < 1.29 is 14.5 Å². The zero-order valence-corrected chi connectivity index (χ0v) is 11.8. The highest BCUT2D eigenvalue weighted by molar-refractivity contribution is 5.99. The Kier molecular flexibility index (Phi) is 5.43. The lowest BCUT2D eigenvalue weighted by atomic mass is 10.1. The molecule has 7 nitrogen and oxygen atoms in total. The molecule has 1 unspecified atom stereocenters. The fourth-order valence-corrected chi connectivity index (χ4v) is 2.27. The van der Waals surface area contributed by atoms with Crippen molar-refractivity contribution in [3.05, 3.63) is 33.9 Å². The van der Waals surface area contributed by atoms with Crippen molar-refractivity contribution in [2.45, 2.75) is 12.5 Å². The van der Waals surface area contributed by atoms with Gasteiger partial charge in [0.15, 0.2) is 0 Å². The van der Waals surface area contributed by atoms with Crippen molar-refractivity contribution in [1.29, 1.82) is 0 Å². The molecule has 1 amide bonds. The number of hydrogen-bond acceptors (Lipinski definition) is 5. The Balaban J connectivity index is 0.00000200. The zero-order chi connectivity index (χ0) is 14.0. The van der Waals surface area contributed by atoms with Crippen LogP contribution in [0.1, 0.15) is 5.56 Å². The summed E-state index contributed by atoms with van der Waals surface area (Å²) in [6.07, 6.45) is 0.470. The van der Waals surface area contributed by atoms with E-state index in [0.29, 0.717) is 24.2 Å². The van der Waals surface area contributed by atoms with E-state index >= 15 is 0 Å². The largest absolute Gasteiger partial charge is 0.383 e. The number of fused-ring (bicyclic) bond motifs is 1. The van der Waals surface area contributed by atoms with Crippen molar-refractivity contribution >= 4 is 29.7 Å². The van der Waals surface area contributed by atoms with Gasteiger partial charge in [-0.15, -0.1) is 12.4 Å². The number of amides is 1. The quantitative estimate of drug-likeness (QED) is 0.657. The van der Waals surface area contributed by atoms with Crippen LogP contribution in [0, 0.1) is 10.1 Å². The normalized spacial score (nSPS) is 14.4. The van der Waals surface area contributed by atoms with E-state index in [0.717, 1.165) is 0 Å². The molecule has 20 heavy (non-hydrogen) atoms. The van der Waals surface area contributed by atoms with Crippen LogP contribution in [-0.2, 0) is 16.0 Å². The molecule has 110 valence electrons. The number of methoxy groups -OCH3 is 1. The first kappa shape index (κ1) is 16.4. The number of nitro benzene ring substituents is 1. The lowest BCUT2D eigenvalue weighted by Gasteiger charge is -2.20. The number of halogens is 1. The molecule has 0 spiro atoms. The van der Waals surface area contributed by atoms with Crippen molar-refractivity contribution in [3.63, 3.8) is 0 Å². The van der Waals surface area contributed by atoms with Gasteiger partial charge < -0.3 is 15.4 Å². The van der Waals surface area contributed by atoms with Gasteiger partial charge >= 0.3 is 0 Å². The van der Waals surface area contributed by atoms with Crippen molar-refractivity contribution in [3.8, 4) is 0 Å². The van der Waals surface area contributed by atoms with Gasteiger partial charge in [0.2, 0.25) is 5.91 Å². The summed E-state index contributed by atoms with van der Waals surface area (Å²) in [5, 5.41) is 10.9. The predicted octanol–water partition coefficient (Wildman–Crippen LogP) is 0.879. The van der Waals surface area contributed by atoms with Crippen molar-refractivity contribution in [2.75, 3.05) is 25.2 Å². The Morgan fingerprint density at radius 1 is 1.60 bits per heavy atom. The summed E-state index contributed by atoms with van der Waals surface area (Å²) >= 11 is 0. The number of nitrogens with two attached hydrogens (primary N) is 1. The van der Waals surface area contributed by atoms with Gasteiger partial charge in [-0.2, -0.15) is 0 Å². The van der Waals surface area contributed by atoms with E-state index in [2.05, 4.69) is 0 Å². The van der Waals surface area contributed by atoms with Crippen LogP contribution in [0.3, 0.4) is 0 Å². The third kappa shape index (κ3) is 2.90. The van der Waals surface area contributed by atoms with Crippen molar-refractivity contribution in [1.82, 2.24) is 0 Å². The van der Waals surface area contributed by atoms with Crippen molar-refractivity contribution in [2.24, 2.45) is 5.73 Å². The highest BCUT2D eigenvalue weighted by Crippen LogP contribution is 2.34. The molecule has 0 radical (unpaired) electrons. The molecule has 1 heterocycles. The summed E-state index contributed by atoms with van der Waals surface area (Å²) in [7, 11) is 1.47. The molecule has 2 N–H and O–H groups in total. The number of ether oxygens (including phenoxy) is 1. The molecule has 1 aromatic rings. The summed E-state index contributed by atoms with van der Waals surface area (Å²) in [4.78, 5) is 24.1. The number of nitrogens with zero attached hydrogens (tertiary/aromatic N) is 2. The Morgan fingerprint density at radius 2 is 2.30 bits per heavy atom. The van der Waals surface area contributed by atoms with Crippen LogP contribution >= 0.6 is 12.4 Å². The minimum atomic E-state index is -0.754. The summed E-state index contributed by atoms with van der Waals surface area (Å²) in [5.41, 5.74) is 6.92. The summed E-state index contributed by atoms with van der Waals surface area (Å²) in [6, 6.07) is 3.97. The van der Waals surface area contributed by atoms with Crippen LogP contribution in [0.5, 0.6) is 0 Å². The van der Waals surface area contributed by atoms with E-state index in [4.69, 9.17) is 10.5 Å². The van der Waals surface area contributed by atoms with Gasteiger partial charge in [0, 0.05) is 19.7 Å². The standard InChI is InChI=1S/C12H15N3O4.ClH/c1-19-7-9(13)12(16)14-6-5-8-10(14)3-2-4-11(8)15(17)18;/h2-4,9H,5-7,13H2,1H3;1H. The molecule has 0 saturated carbocycles. The van der Waals surface area contributed by atoms with E-state index in [1.165, 1.54) is 18.1 Å². The third-order valence-corrected chi connectivity index (χ3v) is 3.13. The monoisotopic (exact) mass is 301 g/mol. The molecular formula is C12H16ClN3O4. The SMILES string of the molecule is COCC(N)C(=O)N1CCc2c1cccc2[N+](=O)[O-].Cl. The average Bonchev–Trinajstić information content (AvgIpc) is 2.81. The lowest BCUT2D eigenvalue weighted by molar-refractivity contribution is -0.385. The Morgan fingerprint density at radius 3 is 2.90 bits per heavy atom. The topological polar surface area (TPSA) is 98.7 Å². The summed E-state index contributed by atoms with van der Waals surface area (Å²) in [6.45, 7) is 0.538. The maximum Gasteiger partial charge on any atom is 0.274 e. The first-order valence-electron chi connectivity index (χ1n) is 5.88. The molecule has 1 aliphatic heterocycles. The molecule has 0 aromatic heterocycles. The molecule has 0 bridgehead atoms. The van der Waals surface area contributed by atoms with Crippen LogP contribution < -0.4 is 10.6 Å². The van der Waals surface area contributed by atoms with E-state index in [1.54, 1.807) is 12.1 Å². The molecule has 1 aromatic carbocycles. The van der Waals surface area contributed by atoms with Gasteiger partial charge in [-0.05, 0) is 12.5 Å². The number of nitro groups is 1. The van der Waals surface area contributed by atoms with Crippen LogP contribution in [0.25, 0.3) is 0 Å². The maximum atomic E-state index is 12.1. The van der Waals surface area contributed by atoms with E-state index in [-0.39, 0.29) is 30.6 Å². The second-order valence-corrected chi connectivity index (χ2v) is 4.33. The summed E-state index contributed by atoms with van der Waals surface area (Å²) in [5.74, 6) is -0.277. The maximum absolute atomic E-state index is 12.1. The van der Waals surface area contributed by atoms with Gasteiger partial charge in [0.1, 0.15) is 6.04 Å². The first-order chi connectivity index (χ1) is 9.06. The summed E-state index contributed by atoms with van der Waals surface area (Å²) < 4.78 is 4.85. The molecule has 0 saturated heterocycles. The van der Waals surface area contributed by atoms with Gasteiger partial charge in [-0.1, -0.05) is 6.07 Å². The predicted molar refractivity (Wildman–Crippen MR) is 76.3 cm³/mol. The molecule has 1 atom stereocenters.